The number of nitrogens with one attached hydrogen (secondary N) is 2. The maximum Gasteiger partial charge on any atom is 0.314 e. The molecule has 122 valence electrons. The van der Waals surface area contributed by atoms with Gasteiger partial charge in [-0.25, -0.2) is 4.79 Å². The van der Waals surface area contributed by atoms with Crippen LogP contribution in [0.15, 0.2) is 0 Å². The number of aliphatic carboxylic acids is 1. The standard InChI is InChI=1S/C15H28N2O3S/c1-12(10-21-2)9-16-14(20)17-11-15(13(18)19)7-5-3-4-6-8-15/h12H,3-11H2,1-2H3,(H,18,19)(H2,16,17,20). The maximum atomic E-state index is 11.8. The highest BCUT2D eigenvalue weighted by Gasteiger charge is 2.38. The van der Waals surface area contributed by atoms with Crippen LogP contribution >= 0.6 is 11.8 Å². The number of amides is 2. The van der Waals surface area contributed by atoms with Crippen molar-refractivity contribution in [2.75, 3.05) is 25.1 Å². The van der Waals surface area contributed by atoms with Gasteiger partial charge in [0.1, 0.15) is 0 Å². The summed E-state index contributed by atoms with van der Waals surface area (Å²) in [6, 6.07) is -0.257. The molecule has 1 aliphatic rings. The van der Waals surface area contributed by atoms with E-state index in [2.05, 4.69) is 17.6 Å². The highest BCUT2D eigenvalue weighted by Crippen LogP contribution is 2.34. The normalized spacial score (nSPS) is 19.3. The first kappa shape index (κ1) is 18.1. The SMILES string of the molecule is CSCC(C)CNC(=O)NCC1(C(=O)O)CCCCCC1. The highest BCUT2D eigenvalue weighted by atomic mass is 32.2. The number of carboxylic acid groups (broad SMARTS) is 1. The minimum atomic E-state index is -0.779. The summed E-state index contributed by atoms with van der Waals surface area (Å²) >= 11 is 1.75. The monoisotopic (exact) mass is 316 g/mol. The zero-order chi connectivity index (χ0) is 15.7. The van der Waals surface area contributed by atoms with Crippen LogP contribution in [0.5, 0.6) is 0 Å². The Hall–Kier alpha value is -0.910. The Kier molecular flexibility index (Phi) is 7.93. The number of rotatable bonds is 7. The van der Waals surface area contributed by atoms with Crippen LogP contribution in [0.2, 0.25) is 0 Å². The van der Waals surface area contributed by atoms with E-state index >= 15 is 0 Å². The van der Waals surface area contributed by atoms with Gasteiger partial charge in [-0.2, -0.15) is 11.8 Å². The Morgan fingerprint density at radius 3 is 2.33 bits per heavy atom. The van der Waals surface area contributed by atoms with Gasteiger partial charge in [0, 0.05) is 13.1 Å². The smallest absolute Gasteiger partial charge is 0.314 e. The Morgan fingerprint density at radius 2 is 1.81 bits per heavy atom. The molecule has 0 aliphatic heterocycles. The van der Waals surface area contributed by atoms with Gasteiger partial charge >= 0.3 is 12.0 Å². The molecule has 6 heteroatoms. The van der Waals surface area contributed by atoms with E-state index in [9.17, 15) is 14.7 Å². The van der Waals surface area contributed by atoms with Crippen LogP contribution < -0.4 is 10.6 Å². The minimum absolute atomic E-state index is 0.227. The molecule has 0 heterocycles. The van der Waals surface area contributed by atoms with Gasteiger partial charge in [0.2, 0.25) is 0 Å². The second kappa shape index (κ2) is 9.18. The number of carbonyl (C=O) groups excluding carboxylic acids is 1. The zero-order valence-corrected chi connectivity index (χ0v) is 13.9. The predicted molar refractivity (Wildman–Crippen MR) is 86.7 cm³/mol. The van der Waals surface area contributed by atoms with E-state index in [0.29, 0.717) is 25.3 Å². The van der Waals surface area contributed by atoms with Gasteiger partial charge in [-0.15, -0.1) is 0 Å². The first-order valence-electron chi connectivity index (χ1n) is 7.74. The van der Waals surface area contributed by atoms with Crippen LogP contribution in [-0.4, -0.2) is 42.2 Å². The molecular weight excluding hydrogens is 288 g/mol. The topological polar surface area (TPSA) is 78.4 Å². The predicted octanol–water partition coefficient (Wildman–Crippen LogP) is 2.71. The molecule has 0 aromatic carbocycles. The number of thioether (sulfide) groups is 1. The van der Waals surface area contributed by atoms with E-state index in [1.807, 2.05) is 6.26 Å². The lowest BCUT2D eigenvalue weighted by atomic mass is 9.80. The summed E-state index contributed by atoms with van der Waals surface area (Å²) in [5.74, 6) is 0.636. The largest absolute Gasteiger partial charge is 0.481 e. The molecule has 1 saturated carbocycles. The molecule has 5 nitrogen and oxygen atoms in total. The first-order chi connectivity index (χ1) is 10.00. The molecule has 0 saturated heterocycles. The molecule has 1 aliphatic carbocycles. The van der Waals surface area contributed by atoms with Crippen LogP contribution in [0.3, 0.4) is 0 Å². The third kappa shape index (κ3) is 6.16. The van der Waals surface area contributed by atoms with Crippen molar-refractivity contribution in [3.05, 3.63) is 0 Å². The lowest BCUT2D eigenvalue weighted by Crippen LogP contribution is -2.46. The number of urea groups is 1. The first-order valence-corrected chi connectivity index (χ1v) is 9.13. The lowest BCUT2D eigenvalue weighted by Gasteiger charge is -2.28. The summed E-state index contributed by atoms with van der Waals surface area (Å²) in [5, 5.41) is 15.1. The number of hydrogen-bond acceptors (Lipinski definition) is 3. The van der Waals surface area contributed by atoms with Crippen molar-refractivity contribution in [3.8, 4) is 0 Å². The van der Waals surface area contributed by atoms with Gasteiger partial charge in [-0.05, 0) is 30.8 Å². The molecule has 0 aromatic rings. The number of carboxylic acids is 1. The lowest BCUT2D eigenvalue weighted by molar-refractivity contribution is -0.149. The van der Waals surface area contributed by atoms with Crippen LogP contribution in [-0.2, 0) is 4.79 Å². The van der Waals surface area contributed by atoms with E-state index < -0.39 is 11.4 Å². The fourth-order valence-corrected chi connectivity index (χ4v) is 3.48. The fraction of sp³-hybridized carbons (Fsp3) is 0.867. The fourth-order valence-electron chi connectivity index (χ4n) is 2.79. The zero-order valence-electron chi connectivity index (χ0n) is 13.1. The van der Waals surface area contributed by atoms with E-state index in [1.165, 1.54) is 0 Å². The Morgan fingerprint density at radius 1 is 1.19 bits per heavy atom. The van der Waals surface area contributed by atoms with Crippen LogP contribution in [0.1, 0.15) is 45.4 Å². The third-order valence-corrected chi connectivity index (χ3v) is 5.07. The third-order valence-electron chi connectivity index (χ3n) is 4.16. The average molecular weight is 316 g/mol. The Balaban J connectivity index is 2.42. The van der Waals surface area contributed by atoms with E-state index in [0.717, 1.165) is 31.4 Å². The van der Waals surface area contributed by atoms with E-state index in [4.69, 9.17) is 0 Å². The van der Waals surface area contributed by atoms with Gasteiger partial charge in [-0.1, -0.05) is 32.6 Å². The van der Waals surface area contributed by atoms with Crippen molar-refractivity contribution in [3.63, 3.8) is 0 Å². The van der Waals surface area contributed by atoms with E-state index in [1.54, 1.807) is 11.8 Å². The van der Waals surface area contributed by atoms with Crippen molar-refractivity contribution in [1.82, 2.24) is 10.6 Å². The number of carbonyl (C=O) groups is 2. The van der Waals surface area contributed by atoms with Gasteiger partial charge in [0.15, 0.2) is 0 Å². The molecule has 1 rings (SSSR count). The van der Waals surface area contributed by atoms with Crippen molar-refractivity contribution in [2.24, 2.45) is 11.3 Å². The summed E-state index contributed by atoms with van der Waals surface area (Å²) < 4.78 is 0. The maximum absolute atomic E-state index is 11.8. The van der Waals surface area contributed by atoms with Crippen molar-refractivity contribution < 1.29 is 14.7 Å². The molecule has 1 fully saturated rings. The molecule has 0 spiro atoms. The average Bonchev–Trinajstić information content (AvgIpc) is 2.70. The van der Waals surface area contributed by atoms with Crippen LogP contribution in [0.25, 0.3) is 0 Å². The molecule has 0 bridgehead atoms. The molecule has 21 heavy (non-hydrogen) atoms. The van der Waals surface area contributed by atoms with Gasteiger partial charge in [0.25, 0.3) is 0 Å². The second-order valence-electron chi connectivity index (χ2n) is 6.12. The minimum Gasteiger partial charge on any atom is -0.481 e. The summed E-state index contributed by atoms with van der Waals surface area (Å²) in [6.07, 6.45) is 7.40. The quantitative estimate of drug-likeness (QED) is 0.631. The summed E-state index contributed by atoms with van der Waals surface area (Å²) in [4.78, 5) is 23.4. The highest BCUT2D eigenvalue weighted by molar-refractivity contribution is 7.98. The van der Waals surface area contributed by atoms with Gasteiger partial charge in [0.05, 0.1) is 5.41 Å². The van der Waals surface area contributed by atoms with Gasteiger partial charge < -0.3 is 15.7 Å². The second-order valence-corrected chi connectivity index (χ2v) is 7.03. The Labute approximate surface area is 131 Å². The van der Waals surface area contributed by atoms with Crippen molar-refractivity contribution in [1.29, 1.82) is 0 Å². The van der Waals surface area contributed by atoms with E-state index in [-0.39, 0.29) is 12.6 Å². The van der Waals surface area contributed by atoms with Crippen LogP contribution in [0, 0.1) is 11.3 Å². The molecule has 2 amide bonds. The number of hydrogen-bond donors (Lipinski definition) is 3. The molecule has 0 aromatic heterocycles. The molecule has 1 atom stereocenters. The van der Waals surface area contributed by atoms with Crippen molar-refractivity contribution >= 4 is 23.8 Å². The molecule has 1 unspecified atom stereocenters. The van der Waals surface area contributed by atoms with Crippen LogP contribution in [0.4, 0.5) is 4.79 Å². The molecule has 3 N–H and O–H groups in total. The molecule has 0 radical (unpaired) electrons. The van der Waals surface area contributed by atoms with Crippen molar-refractivity contribution in [2.45, 2.75) is 45.4 Å². The van der Waals surface area contributed by atoms with Gasteiger partial charge in [-0.3, -0.25) is 4.79 Å². The summed E-state index contributed by atoms with van der Waals surface area (Å²) in [5.41, 5.74) is -0.779. The summed E-state index contributed by atoms with van der Waals surface area (Å²) in [6.45, 7) is 2.93. The summed E-state index contributed by atoms with van der Waals surface area (Å²) in [7, 11) is 0. The Bertz CT molecular complexity index is 342. The molecular formula is C15H28N2O3S.